The molecule has 200 valence electrons. The Morgan fingerprint density at radius 2 is 1.62 bits per heavy atom. The minimum Gasteiger partial charge on any atom is -0.493 e. The average molecular weight is 529 g/mol. The van der Waals surface area contributed by atoms with Gasteiger partial charge in [0, 0.05) is 11.4 Å². The number of benzene rings is 3. The summed E-state index contributed by atoms with van der Waals surface area (Å²) in [7, 11) is 1.45. The summed E-state index contributed by atoms with van der Waals surface area (Å²) in [6, 6.07) is 18.7. The maximum atomic E-state index is 12.8. The number of carbonyl (C=O) groups is 4. The molecule has 0 unspecified atom stereocenters. The van der Waals surface area contributed by atoms with E-state index < -0.39 is 24.4 Å². The Hall–Kier alpha value is -5.12. The molecule has 0 bridgehead atoms. The zero-order valence-electron chi connectivity index (χ0n) is 21.7. The van der Waals surface area contributed by atoms with Crippen LogP contribution in [0.2, 0.25) is 0 Å². The molecule has 1 aliphatic heterocycles. The van der Waals surface area contributed by atoms with Gasteiger partial charge in [0.25, 0.3) is 11.8 Å². The van der Waals surface area contributed by atoms with E-state index in [2.05, 4.69) is 16.0 Å². The molecule has 1 fully saturated rings. The number of ether oxygens (including phenoxy) is 2. The van der Waals surface area contributed by atoms with Crippen molar-refractivity contribution in [1.82, 2.24) is 10.2 Å². The molecule has 0 aromatic heterocycles. The molecule has 0 aliphatic carbocycles. The van der Waals surface area contributed by atoms with Crippen LogP contribution in [0.25, 0.3) is 6.08 Å². The third kappa shape index (κ3) is 7.01. The number of nitrogens with zero attached hydrogens (tertiary/aromatic N) is 1. The highest BCUT2D eigenvalue weighted by Gasteiger charge is 2.35. The van der Waals surface area contributed by atoms with Crippen molar-refractivity contribution in [1.29, 1.82) is 0 Å². The predicted octanol–water partition coefficient (Wildman–Crippen LogP) is 3.86. The van der Waals surface area contributed by atoms with Crippen molar-refractivity contribution in [3.8, 4) is 11.5 Å². The highest BCUT2D eigenvalue weighted by atomic mass is 16.5. The van der Waals surface area contributed by atoms with Crippen LogP contribution in [-0.4, -0.2) is 48.9 Å². The molecule has 3 aromatic rings. The van der Waals surface area contributed by atoms with Gasteiger partial charge in [-0.25, -0.2) is 9.69 Å². The molecular weight excluding hydrogens is 500 g/mol. The van der Waals surface area contributed by atoms with Crippen molar-refractivity contribution >= 4 is 41.2 Å². The maximum absolute atomic E-state index is 12.8. The number of hydrogen-bond donors (Lipinski definition) is 3. The van der Waals surface area contributed by atoms with Crippen LogP contribution in [0.5, 0.6) is 11.5 Å². The molecule has 0 saturated carbocycles. The summed E-state index contributed by atoms with van der Waals surface area (Å²) < 4.78 is 11.0. The van der Waals surface area contributed by atoms with E-state index in [1.165, 1.54) is 13.2 Å². The summed E-state index contributed by atoms with van der Waals surface area (Å²) in [6.45, 7) is 3.18. The van der Waals surface area contributed by atoms with E-state index in [9.17, 15) is 19.2 Å². The molecule has 5 amide bonds. The van der Waals surface area contributed by atoms with Gasteiger partial charge in [-0.15, -0.1) is 0 Å². The van der Waals surface area contributed by atoms with Crippen LogP contribution >= 0.6 is 0 Å². The molecule has 3 aromatic carbocycles. The Labute approximate surface area is 225 Å². The van der Waals surface area contributed by atoms with Crippen LogP contribution in [0.4, 0.5) is 16.2 Å². The first-order valence-electron chi connectivity index (χ1n) is 12.1. The van der Waals surface area contributed by atoms with E-state index in [1.54, 1.807) is 48.5 Å². The summed E-state index contributed by atoms with van der Waals surface area (Å²) in [6.07, 6.45) is 1.47. The lowest BCUT2D eigenvalue weighted by atomic mass is 10.1. The van der Waals surface area contributed by atoms with Gasteiger partial charge in [-0.1, -0.05) is 35.9 Å². The summed E-state index contributed by atoms with van der Waals surface area (Å²) in [4.78, 5) is 50.7. The molecule has 1 heterocycles. The molecule has 0 radical (unpaired) electrons. The van der Waals surface area contributed by atoms with E-state index in [0.29, 0.717) is 28.4 Å². The average Bonchev–Trinajstić information content (AvgIpc) is 3.16. The monoisotopic (exact) mass is 528 g/mol. The molecule has 4 rings (SSSR count). The highest BCUT2D eigenvalue weighted by molar-refractivity contribution is 6.16. The van der Waals surface area contributed by atoms with Crippen molar-refractivity contribution in [2.24, 2.45) is 0 Å². The van der Waals surface area contributed by atoms with Crippen molar-refractivity contribution in [3.63, 3.8) is 0 Å². The van der Waals surface area contributed by atoms with Gasteiger partial charge in [0.05, 0.1) is 7.11 Å². The van der Waals surface area contributed by atoms with Crippen LogP contribution in [0.1, 0.15) is 16.7 Å². The van der Waals surface area contributed by atoms with Crippen LogP contribution < -0.4 is 25.4 Å². The minimum atomic E-state index is -0.697. The van der Waals surface area contributed by atoms with Crippen molar-refractivity contribution in [2.45, 2.75) is 13.8 Å². The second-order valence-electron chi connectivity index (χ2n) is 8.91. The van der Waals surface area contributed by atoms with Gasteiger partial charge in [0.1, 0.15) is 12.2 Å². The number of rotatable bonds is 9. The van der Waals surface area contributed by atoms with Gasteiger partial charge in [-0.05, 0) is 67.4 Å². The lowest BCUT2D eigenvalue weighted by Gasteiger charge is -2.12. The summed E-state index contributed by atoms with van der Waals surface area (Å²) in [5.74, 6) is -0.808. The topological polar surface area (TPSA) is 126 Å². The maximum Gasteiger partial charge on any atom is 0.329 e. The first kappa shape index (κ1) is 26.9. The van der Waals surface area contributed by atoms with Crippen molar-refractivity contribution in [2.75, 3.05) is 30.9 Å². The minimum absolute atomic E-state index is 0.0107. The molecular formula is C29H28N4O6. The molecule has 3 N–H and O–H groups in total. The third-order valence-electron chi connectivity index (χ3n) is 5.76. The third-order valence-corrected chi connectivity index (χ3v) is 5.76. The Balaban J connectivity index is 1.37. The first-order chi connectivity index (χ1) is 18.7. The van der Waals surface area contributed by atoms with Crippen molar-refractivity contribution in [3.05, 3.63) is 89.1 Å². The smallest absolute Gasteiger partial charge is 0.329 e. The van der Waals surface area contributed by atoms with Crippen LogP contribution in [0.3, 0.4) is 0 Å². The fraction of sp³-hybridized carbons (Fsp3) is 0.172. The fourth-order valence-corrected chi connectivity index (χ4v) is 3.82. The first-order valence-corrected chi connectivity index (χ1v) is 12.1. The highest BCUT2D eigenvalue weighted by Crippen LogP contribution is 2.29. The largest absolute Gasteiger partial charge is 0.493 e. The lowest BCUT2D eigenvalue weighted by molar-refractivity contribution is -0.127. The Morgan fingerprint density at radius 3 is 2.33 bits per heavy atom. The predicted molar refractivity (Wildman–Crippen MR) is 146 cm³/mol. The molecule has 1 aliphatic rings. The normalized spacial score (nSPS) is 13.7. The van der Waals surface area contributed by atoms with E-state index in [4.69, 9.17) is 9.47 Å². The Kier molecular flexibility index (Phi) is 8.25. The molecule has 10 heteroatoms. The number of carbonyl (C=O) groups excluding carboxylic acids is 4. The van der Waals surface area contributed by atoms with Crippen LogP contribution in [0, 0.1) is 13.8 Å². The van der Waals surface area contributed by atoms with E-state index in [1.807, 2.05) is 32.0 Å². The summed E-state index contributed by atoms with van der Waals surface area (Å²) in [5, 5.41) is 7.93. The Morgan fingerprint density at radius 1 is 0.872 bits per heavy atom. The van der Waals surface area contributed by atoms with Crippen molar-refractivity contribution < 1.29 is 28.7 Å². The van der Waals surface area contributed by atoms with Gasteiger partial charge < -0.3 is 25.4 Å². The van der Waals surface area contributed by atoms with Gasteiger partial charge in [-0.2, -0.15) is 0 Å². The zero-order chi connectivity index (χ0) is 27.9. The number of amides is 5. The van der Waals surface area contributed by atoms with Gasteiger partial charge in [0.15, 0.2) is 18.1 Å². The van der Waals surface area contributed by atoms with Gasteiger partial charge in [-0.3, -0.25) is 14.4 Å². The molecule has 0 atom stereocenters. The number of urea groups is 1. The zero-order valence-corrected chi connectivity index (χ0v) is 21.7. The summed E-state index contributed by atoms with van der Waals surface area (Å²) >= 11 is 0. The van der Waals surface area contributed by atoms with E-state index in [-0.39, 0.29) is 18.2 Å². The molecule has 39 heavy (non-hydrogen) atoms. The second-order valence-corrected chi connectivity index (χ2v) is 8.91. The second kappa shape index (κ2) is 12.0. The number of anilines is 2. The number of aryl methyl sites for hydroxylation is 2. The summed E-state index contributed by atoms with van der Waals surface area (Å²) in [5.41, 5.74) is 3.83. The standard InChI is InChI=1S/C29H28N4O6/c1-18-7-10-21(11-8-18)30-27(35)17-39-24-12-9-20(15-25(24)38-3)14-23-28(36)33(29(37)32-23)16-26(34)31-22-6-4-5-19(2)13-22/h4-15H,16-17H2,1-3H3,(H,30,35)(H,31,34)(H,32,37)/b23-14+. The van der Waals surface area contributed by atoms with E-state index in [0.717, 1.165) is 16.0 Å². The number of methoxy groups -OCH3 is 1. The van der Waals surface area contributed by atoms with Gasteiger partial charge in [0.2, 0.25) is 5.91 Å². The van der Waals surface area contributed by atoms with Gasteiger partial charge >= 0.3 is 6.03 Å². The lowest BCUT2D eigenvalue weighted by Crippen LogP contribution is -2.38. The van der Waals surface area contributed by atoms with E-state index >= 15 is 0 Å². The number of imide groups is 1. The van der Waals surface area contributed by atoms with Crippen LogP contribution in [-0.2, 0) is 14.4 Å². The SMILES string of the molecule is COc1cc(/C=C2/NC(=O)N(CC(=O)Nc3cccc(C)c3)C2=O)ccc1OCC(=O)Nc1ccc(C)cc1. The quantitative estimate of drug-likeness (QED) is 0.286. The fourth-order valence-electron chi connectivity index (χ4n) is 3.82. The Bertz CT molecular complexity index is 1450. The molecule has 10 nitrogen and oxygen atoms in total. The molecule has 1 saturated heterocycles. The molecule has 0 spiro atoms. The van der Waals surface area contributed by atoms with Crippen LogP contribution in [0.15, 0.2) is 72.4 Å². The number of nitrogens with one attached hydrogen (secondary N) is 3. The number of hydrogen-bond acceptors (Lipinski definition) is 6.